The number of amides is 1. The van der Waals surface area contributed by atoms with Crippen molar-refractivity contribution in [3.05, 3.63) is 51.2 Å². The zero-order chi connectivity index (χ0) is 19.6. The van der Waals surface area contributed by atoms with E-state index >= 15 is 0 Å². The SMILES string of the molecule is COc1ccc(NC(=O)[C@@H]2CCCN(c3cc(=O)n(C)c(=O)n3C)C2)cc1. The van der Waals surface area contributed by atoms with E-state index < -0.39 is 0 Å². The Labute approximate surface area is 157 Å². The first-order valence-electron chi connectivity index (χ1n) is 8.87. The summed E-state index contributed by atoms with van der Waals surface area (Å²) in [6.45, 7) is 1.16. The van der Waals surface area contributed by atoms with E-state index in [4.69, 9.17) is 4.74 Å². The lowest BCUT2D eigenvalue weighted by atomic mass is 9.97. The number of methoxy groups -OCH3 is 1. The minimum absolute atomic E-state index is 0.0706. The zero-order valence-corrected chi connectivity index (χ0v) is 15.8. The highest BCUT2D eigenvalue weighted by atomic mass is 16.5. The van der Waals surface area contributed by atoms with Crippen LogP contribution in [0.5, 0.6) is 5.75 Å². The van der Waals surface area contributed by atoms with Crippen molar-refractivity contribution in [3.8, 4) is 5.75 Å². The van der Waals surface area contributed by atoms with Crippen LogP contribution in [-0.4, -0.2) is 35.2 Å². The van der Waals surface area contributed by atoms with Crippen LogP contribution >= 0.6 is 0 Å². The highest BCUT2D eigenvalue weighted by molar-refractivity contribution is 5.93. The number of nitrogens with one attached hydrogen (secondary N) is 1. The molecule has 1 N–H and O–H groups in total. The second-order valence-electron chi connectivity index (χ2n) is 6.74. The number of rotatable bonds is 4. The van der Waals surface area contributed by atoms with Gasteiger partial charge in [-0.2, -0.15) is 0 Å². The Kier molecular flexibility index (Phi) is 5.34. The number of hydrogen-bond acceptors (Lipinski definition) is 5. The van der Waals surface area contributed by atoms with Gasteiger partial charge < -0.3 is 15.0 Å². The van der Waals surface area contributed by atoms with Gasteiger partial charge in [0.25, 0.3) is 5.56 Å². The lowest BCUT2D eigenvalue weighted by molar-refractivity contribution is -0.120. The molecule has 1 aromatic heterocycles. The number of benzene rings is 1. The van der Waals surface area contributed by atoms with Crippen molar-refractivity contribution in [1.82, 2.24) is 9.13 Å². The first-order chi connectivity index (χ1) is 12.9. The van der Waals surface area contributed by atoms with Crippen LogP contribution in [0.15, 0.2) is 39.9 Å². The Bertz CT molecular complexity index is 946. The van der Waals surface area contributed by atoms with Gasteiger partial charge in [-0.15, -0.1) is 0 Å². The molecule has 1 aliphatic heterocycles. The van der Waals surface area contributed by atoms with Crippen LogP contribution in [0.1, 0.15) is 12.8 Å². The normalized spacial score (nSPS) is 16.9. The summed E-state index contributed by atoms with van der Waals surface area (Å²) in [7, 11) is 4.68. The fourth-order valence-corrected chi connectivity index (χ4v) is 3.34. The summed E-state index contributed by atoms with van der Waals surface area (Å²) in [5.41, 5.74) is -0.0147. The number of anilines is 2. The van der Waals surface area contributed by atoms with Gasteiger partial charge in [0.1, 0.15) is 11.6 Å². The molecule has 8 nitrogen and oxygen atoms in total. The van der Waals surface area contributed by atoms with Gasteiger partial charge in [0.15, 0.2) is 0 Å². The van der Waals surface area contributed by atoms with Crippen molar-refractivity contribution >= 4 is 17.4 Å². The van der Waals surface area contributed by atoms with Gasteiger partial charge in [-0.3, -0.25) is 18.7 Å². The summed E-state index contributed by atoms with van der Waals surface area (Å²) in [4.78, 5) is 38.8. The average molecular weight is 372 g/mol. The number of carbonyl (C=O) groups is 1. The average Bonchev–Trinajstić information content (AvgIpc) is 2.69. The second-order valence-corrected chi connectivity index (χ2v) is 6.74. The van der Waals surface area contributed by atoms with Crippen molar-refractivity contribution in [3.63, 3.8) is 0 Å². The van der Waals surface area contributed by atoms with Gasteiger partial charge >= 0.3 is 5.69 Å². The minimum Gasteiger partial charge on any atom is -0.497 e. The molecule has 1 atom stereocenters. The van der Waals surface area contributed by atoms with Crippen LogP contribution in [0.25, 0.3) is 0 Å². The molecule has 144 valence electrons. The molecule has 2 aromatic rings. The Morgan fingerprint density at radius 1 is 1.15 bits per heavy atom. The van der Waals surface area contributed by atoms with Crippen LogP contribution < -0.4 is 26.2 Å². The maximum absolute atomic E-state index is 12.7. The molecule has 0 saturated carbocycles. The Morgan fingerprint density at radius 3 is 2.52 bits per heavy atom. The van der Waals surface area contributed by atoms with Crippen LogP contribution in [0.2, 0.25) is 0 Å². The number of aromatic nitrogens is 2. The first kappa shape index (κ1) is 18.8. The molecule has 1 aliphatic rings. The molecule has 1 saturated heterocycles. The van der Waals surface area contributed by atoms with Crippen LogP contribution in [0.3, 0.4) is 0 Å². The molecule has 2 heterocycles. The highest BCUT2D eigenvalue weighted by Gasteiger charge is 2.27. The number of hydrogen-bond donors (Lipinski definition) is 1. The Hall–Kier alpha value is -3.03. The molecule has 1 amide bonds. The lowest BCUT2D eigenvalue weighted by Crippen LogP contribution is -2.45. The van der Waals surface area contributed by atoms with Crippen molar-refractivity contribution < 1.29 is 9.53 Å². The molecule has 0 unspecified atom stereocenters. The van der Waals surface area contributed by atoms with Crippen molar-refractivity contribution in [1.29, 1.82) is 0 Å². The topological polar surface area (TPSA) is 85.6 Å². The van der Waals surface area contributed by atoms with Gasteiger partial charge in [0.2, 0.25) is 5.91 Å². The minimum atomic E-state index is -0.373. The quantitative estimate of drug-likeness (QED) is 0.864. The zero-order valence-electron chi connectivity index (χ0n) is 15.8. The van der Waals surface area contributed by atoms with E-state index in [2.05, 4.69) is 5.32 Å². The third-order valence-corrected chi connectivity index (χ3v) is 4.97. The number of ether oxygens (including phenoxy) is 1. The Morgan fingerprint density at radius 2 is 1.85 bits per heavy atom. The summed E-state index contributed by atoms with van der Waals surface area (Å²) >= 11 is 0. The number of nitrogens with zero attached hydrogens (tertiary/aromatic N) is 3. The molecule has 1 aromatic carbocycles. The van der Waals surface area contributed by atoms with E-state index in [9.17, 15) is 14.4 Å². The molecule has 0 radical (unpaired) electrons. The molecule has 8 heteroatoms. The summed E-state index contributed by atoms with van der Waals surface area (Å²) in [6.07, 6.45) is 1.57. The van der Waals surface area contributed by atoms with E-state index in [1.54, 1.807) is 38.4 Å². The largest absolute Gasteiger partial charge is 0.497 e. The fourth-order valence-electron chi connectivity index (χ4n) is 3.34. The van der Waals surface area contributed by atoms with Gasteiger partial charge in [0.05, 0.1) is 13.0 Å². The molecule has 0 aliphatic carbocycles. The van der Waals surface area contributed by atoms with E-state index in [0.717, 1.165) is 23.2 Å². The number of piperidine rings is 1. The second kappa shape index (κ2) is 7.69. The standard InChI is InChI=1S/C19H24N4O4/c1-21-16(11-17(24)22(2)19(21)26)23-10-4-5-13(12-23)18(25)20-14-6-8-15(27-3)9-7-14/h6-9,11,13H,4-5,10,12H2,1-3H3,(H,20,25)/t13-/m1/s1. The third-order valence-electron chi connectivity index (χ3n) is 4.97. The molecule has 27 heavy (non-hydrogen) atoms. The van der Waals surface area contributed by atoms with Crippen molar-refractivity contribution in [2.45, 2.75) is 12.8 Å². The molecule has 0 bridgehead atoms. The fraction of sp³-hybridized carbons (Fsp3) is 0.421. The lowest BCUT2D eigenvalue weighted by Gasteiger charge is -2.34. The monoisotopic (exact) mass is 372 g/mol. The summed E-state index contributed by atoms with van der Waals surface area (Å²) in [6, 6.07) is 8.62. The van der Waals surface area contributed by atoms with E-state index in [-0.39, 0.29) is 23.1 Å². The first-order valence-corrected chi connectivity index (χ1v) is 8.87. The van der Waals surface area contributed by atoms with E-state index in [0.29, 0.717) is 24.6 Å². The van der Waals surface area contributed by atoms with Gasteiger partial charge in [-0.05, 0) is 37.1 Å². The maximum Gasteiger partial charge on any atom is 0.332 e. The number of carbonyl (C=O) groups excluding carboxylic acids is 1. The van der Waals surface area contributed by atoms with Crippen LogP contribution in [-0.2, 0) is 18.9 Å². The highest BCUT2D eigenvalue weighted by Crippen LogP contribution is 2.23. The molecule has 1 fully saturated rings. The van der Waals surface area contributed by atoms with Gasteiger partial charge in [0, 0.05) is 38.9 Å². The van der Waals surface area contributed by atoms with Crippen molar-refractivity contribution in [2.75, 3.05) is 30.4 Å². The molecule has 3 rings (SSSR count). The predicted octanol–water partition coefficient (Wildman–Crippen LogP) is 0.948. The van der Waals surface area contributed by atoms with Crippen molar-refractivity contribution in [2.24, 2.45) is 20.0 Å². The summed E-state index contributed by atoms with van der Waals surface area (Å²) in [5.74, 6) is 0.979. The molecular formula is C19H24N4O4. The summed E-state index contributed by atoms with van der Waals surface area (Å²) in [5, 5.41) is 2.93. The summed E-state index contributed by atoms with van der Waals surface area (Å²) < 4.78 is 7.64. The Balaban J connectivity index is 1.75. The predicted molar refractivity (Wildman–Crippen MR) is 103 cm³/mol. The maximum atomic E-state index is 12.7. The van der Waals surface area contributed by atoms with Gasteiger partial charge in [-0.25, -0.2) is 4.79 Å². The third kappa shape index (κ3) is 3.89. The smallest absolute Gasteiger partial charge is 0.332 e. The van der Waals surface area contributed by atoms with Crippen LogP contribution in [0, 0.1) is 5.92 Å². The van der Waals surface area contributed by atoms with E-state index in [1.165, 1.54) is 17.7 Å². The van der Waals surface area contributed by atoms with Gasteiger partial charge in [-0.1, -0.05) is 0 Å². The van der Waals surface area contributed by atoms with Crippen LogP contribution in [0.4, 0.5) is 11.5 Å². The molecule has 0 spiro atoms. The van der Waals surface area contributed by atoms with E-state index in [1.807, 2.05) is 4.90 Å². The molecular weight excluding hydrogens is 348 g/mol.